The van der Waals surface area contributed by atoms with E-state index in [4.69, 9.17) is 0 Å². The molecule has 2 fully saturated rings. The topological polar surface area (TPSA) is 32.3 Å². The maximum atomic E-state index is 12.3. The molecule has 0 spiro atoms. The molecule has 0 bridgehead atoms. The summed E-state index contributed by atoms with van der Waals surface area (Å²) in [6.07, 6.45) is 2.18. The molecule has 3 atom stereocenters. The fraction of sp³-hybridized carbons (Fsp3) is 0.929. The summed E-state index contributed by atoms with van der Waals surface area (Å²) in [5.41, 5.74) is 0.263. The lowest BCUT2D eigenvalue weighted by molar-refractivity contribution is -0.135. The van der Waals surface area contributed by atoms with Crippen LogP contribution in [0.1, 0.15) is 40.5 Å². The highest BCUT2D eigenvalue weighted by Gasteiger charge is 2.52. The van der Waals surface area contributed by atoms with Gasteiger partial charge in [0.2, 0.25) is 5.91 Å². The molecule has 3 unspecified atom stereocenters. The van der Waals surface area contributed by atoms with Crippen LogP contribution in [-0.4, -0.2) is 36.5 Å². The Morgan fingerprint density at radius 3 is 2.59 bits per heavy atom. The molecule has 0 aromatic carbocycles. The molecule has 0 aromatic rings. The zero-order chi connectivity index (χ0) is 12.6. The van der Waals surface area contributed by atoms with Gasteiger partial charge in [0.15, 0.2) is 0 Å². The van der Waals surface area contributed by atoms with Crippen LogP contribution in [-0.2, 0) is 4.79 Å². The lowest BCUT2D eigenvalue weighted by Crippen LogP contribution is -2.50. The summed E-state index contributed by atoms with van der Waals surface area (Å²) in [6, 6.07) is 0.594. The van der Waals surface area contributed by atoms with Crippen molar-refractivity contribution in [2.24, 2.45) is 17.3 Å². The first-order valence-electron chi connectivity index (χ1n) is 6.98. The molecule has 98 valence electrons. The number of hydrogen-bond donors (Lipinski definition) is 1. The first-order valence-corrected chi connectivity index (χ1v) is 6.98. The van der Waals surface area contributed by atoms with E-state index in [1.807, 2.05) is 0 Å². The molecular weight excluding hydrogens is 212 g/mol. The van der Waals surface area contributed by atoms with E-state index < -0.39 is 0 Å². The number of nitrogens with zero attached hydrogens (tertiary/aromatic N) is 1. The van der Waals surface area contributed by atoms with Crippen LogP contribution in [0.3, 0.4) is 0 Å². The minimum atomic E-state index is 0.263. The quantitative estimate of drug-likeness (QED) is 0.814. The van der Waals surface area contributed by atoms with Crippen molar-refractivity contribution in [2.45, 2.75) is 46.6 Å². The highest BCUT2D eigenvalue weighted by molar-refractivity contribution is 5.82. The highest BCUT2D eigenvalue weighted by atomic mass is 16.2. The van der Waals surface area contributed by atoms with Gasteiger partial charge in [0, 0.05) is 25.0 Å². The minimum absolute atomic E-state index is 0.263. The van der Waals surface area contributed by atoms with Gasteiger partial charge in [-0.2, -0.15) is 0 Å². The number of rotatable bonds is 3. The summed E-state index contributed by atoms with van der Waals surface area (Å²) in [6.45, 7) is 11.7. The molecule has 17 heavy (non-hydrogen) atoms. The number of carbonyl (C=O) groups is 1. The Balaban J connectivity index is 1.87. The summed E-state index contributed by atoms with van der Waals surface area (Å²) in [7, 11) is 0. The van der Waals surface area contributed by atoms with E-state index >= 15 is 0 Å². The highest BCUT2D eigenvalue weighted by Crippen LogP contribution is 2.52. The van der Waals surface area contributed by atoms with Crippen LogP contribution in [0.5, 0.6) is 0 Å². The maximum absolute atomic E-state index is 12.3. The van der Waals surface area contributed by atoms with Crippen LogP contribution in [0.15, 0.2) is 0 Å². The van der Waals surface area contributed by atoms with E-state index in [1.54, 1.807) is 0 Å². The number of hydrogen-bond acceptors (Lipinski definition) is 2. The number of nitrogens with one attached hydrogen (secondary N) is 1. The second-order valence-electron chi connectivity index (χ2n) is 6.46. The lowest BCUT2D eigenvalue weighted by Gasteiger charge is -2.37. The third kappa shape index (κ3) is 2.65. The SMILES string of the molecule is CCNC1CCN(C(=O)C2CC2(C)C)CC1C. The monoisotopic (exact) mass is 238 g/mol. The molecular formula is C14H26N2O. The van der Waals surface area contributed by atoms with Crippen molar-refractivity contribution in [1.82, 2.24) is 10.2 Å². The molecule has 1 aliphatic carbocycles. The normalized spacial score (nSPS) is 35.8. The number of likely N-dealkylation sites (tertiary alicyclic amines) is 1. The van der Waals surface area contributed by atoms with Gasteiger partial charge in [0.05, 0.1) is 0 Å². The second kappa shape index (κ2) is 4.60. The predicted octanol–water partition coefficient (Wildman–Crippen LogP) is 1.88. The van der Waals surface area contributed by atoms with Crippen LogP contribution in [0.4, 0.5) is 0 Å². The Morgan fingerprint density at radius 1 is 1.47 bits per heavy atom. The summed E-state index contributed by atoms with van der Waals surface area (Å²) in [5.74, 6) is 1.27. The number of piperidine rings is 1. The van der Waals surface area contributed by atoms with Gasteiger partial charge in [0.1, 0.15) is 0 Å². The summed E-state index contributed by atoms with van der Waals surface area (Å²) in [4.78, 5) is 14.4. The van der Waals surface area contributed by atoms with Gasteiger partial charge in [-0.25, -0.2) is 0 Å². The standard InChI is InChI=1S/C14H26N2O/c1-5-15-12-6-7-16(9-10(12)2)13(17)11-8-14(11,3)4/h10-12,15H,5-9H2,1-4H3. The van der Waals surface area contributed by atoms with Gasteiger partial charge in [-0.3, -0.25) is 4.79 Å². The van der Waals surface area contributed by atoms with Gasteiger partial charge < -0.3 is 10.2 Å². The van der Waals surface area contributed by atoms with Gasteiger partial charge >= 0.3 is 0 Å². The molecule has 3 nitrogen and oxygen atoms in total. The van der Waals surface area contributed by atoms with Gasteiger partial charge in [-0.15, -0.1) is 0 Å². The second-order valence-corrected chi connectivity index (χ2v) is 6.46. The maximum Gasteiger partial charge on any atom is 0.226 e. The number of amides is 1. The molecule has 3 heteroatoms. The molecule has 1 N–H and O–H groups in total. The Labute approximate surface area is 105 Å². The molecule has 1 saturated carbocycles. The average molecular weight is 238 g/mol. The molecule has 0 radical (unpaired) electrons. The van der Waals surface area contributed by atoms with Crippen molar-refractivity contribution >= 4 is 5.91 Å². The summed E-state index contributed by atoms with van der Waals surface area (Å²) in [5, 5.41) is 3.52. The summed E-state index contributed by atoms with van der Waals surface area (Å²) < 4.78 is 0. The largest absolute Gasteiger partial charge is 0.342 e. The van der Waals surface area contributed by atoms with Crippen LogP contribution in [0.2, 0.25) is 0 Å². The Kier molecular flexibility index (Phi) is 3.48. The first-order chi connectivity index (χ1) is 7.95. The zero-order valence-corrected chi connectivity index (χ0v) is 11.6. The van der Waals surface area contributed by atoms with Crippen molar-refractivity contribution in [3.63, 3.8) is 0 Å². The third-order valence-electron chi connectivity index (χ3n) is 4.49. The minimum Gasteiger partial charge on any atom is -0.342 e. The van der Waals surface area contributed by atoms with Crippen LogP contribution in [0.25, 0.3) is 0 Å². The first kappa shape index (κ1) is 12.9. The Bertz CT molecular complexity index is 301. The lowest BCUT2D eigenvalue weighted by atomic mass is 9.93. The van der Waals surface area contributed by atoms with Gasteiger partial charge in [-0.1, -0.05) is 27.7 Å². The van der Waals surface area contributed by atoms with E-state index in [9.17, 15) is 4.79 Å². The van der Waals surface area contributed by atoms with Gasteiger partial charge in [0.25, 0.3) is 0 Å². The fourth-order valence-electron chi connectivity index (χ4n) is 3.02. The summed E-state index contributed by atoms with van der Waals surface area (Å²) >= 11 is 0. The third-order valence-corrected chi connectivity index (χ3v) is 4.49. The smallest absolute Gasteiger partial charge is 0.226 e. The Morgan fingerprint density at radius 2 is 2.12 bits per heavy atom. The van der Waals surface area contributed by atoms with Crippen molar-refractivity contribution in [3.8, 4) is 0 Å². The molecule has 1 heterocycles. The average Bonchev–Trinajstić information content (AvgIpc) is 2.90. The van der Waals surface area contributed by atoms with Crippen molar-refractivity contribution < 1.29 is 4.79 Å². The molecule has 0 aromatic heterocycles. The van der Waals surface area contributed by atoms with E-state index in [-0.39, 0.29) is 5.41 Å². The van der Waals surface area contributed by atoms with Crippen LogP contribution in [0, 0.1) is 17.3 Å². The molecule has 2 aliphatic rings. The predicted molar refractivity (Wildman–Crippen MR) is 69.7 cm³/mol. The molecule has 1 amide bonds. The molecule has 1 saturated heterocycles. The fourth-order valence-corrected chi connectivity index (χ4v) is 3.02. The number of carbonyl (C=O) groups excluding carboxylic acids is 1. The zero-order valence-electron chi connectivity index (χ0n) is 11.6. The van der Waals surface area contributed by atoms with Gasteiger partial charge in [-0.05, 0) is 30.7 Å². The van der Waals surface area contributed by atoms with Crippen molar-refractivity contribution in [3.05, 3.63) is 0 Å². The Hall–Kier alpha value is -0.570. The van der Waals surface area contributed by atoms with Crippen molar-refractivity contribution in [1.29, 1.82) is 0 Å². The van der Waals surface area contributed by atoms with E-state index in [2.05, 4.69) is 37.9 Å². The van der Waals surface area contributed by atoms with Crippen molar-refractivity contribution in [2.75, 3.05) is 19.6 Å². The van der Waals surface area contributed by atoms with Crippen LogP contribution < -0.4 is 5.32 Å². The van der Waals surface area contributed by atoms with E-state index in [1.165, 1.54) is 0 Å². The molecule has 2 rings (SSSR count). The van der Waals surface area contributed by atoms with E-state index in [0.29, 0.717) is 23.8 Å². The van der Waals surface area contributed by atoms with E-state index in [0.717, 1.165) is 32.5 Å². The van der Waals surface area contributed by atoms with Crippen LogP contribution >= 0.6 is 0 Å². The molecule has 1 aliphatic heterocycles.